The molecule has 0 aromatic rings. The van der Waals surface area contributed by atoms with Crippen molar-refractivity contribution in [3.63, 3.8) is 0 Å². The van der Waals surface area contributed by atoms with Crippen molar-refractivity contribution in [2.45, 2.75) is 72.6 Å². The van der Waals surface area contributed by atoms with E-state index in [-0.39, 0.29) is 22.4 Å². The molecule has 132 valence electrons. The van der Waals surface area contributed by atoms with E-state index in [0.717, 1.165) is 50.5 Å². The maximum Gasteiger partial charge on any atom is 0.202 e. The molecular formula is C21H30O3. The van der Waals surface area contributed by atoms with Crippen molar-refractivity contribution in [1.29, 1.82) is 0 Å². The van der Waals surface area contributed by atoms with Gasteiger partial charge >= 0.3 is 0 Å². The Labute approximate surface area is 144 Å². The fraction of sp³-hybridized carbons (Fsp3) is 0.810. The van der Waals surface area contributed by atoms with Gasteiger partial charge in [-0.2, -0.15) is 0 Å². The first-order chi connectivity index (χ1) is 11.1. The van der Waals surface area contributed by atoms with Gasteiger partial charge in [0.05, 0.1) is 0 Å². The van der Waals surface area contributed by atoms with Crippen LogP contribution in [0.1, 0.15) is 72.6 Å². The molecule has 4 aliphatic rings. The van der Waals surface area contributed by atoms with Gasteiger partial charge in [0.15, 0.2) is 5.76 Å². The lowest BCUT2D eigenvalue weighted by Crippen LogP contribution is -2.53. The Morgan fingerprint density at radius 2 is 1.58 bits per heavy atom. The largest absolute Gasteiger partial charge is 0.504 e. The Morgan fingerprint density at radius 3 is 2.29 bits per heavy atom. The molecule has 0 aromatic heterocycles. The van der Waals surface area contributed by atoms with Gasteiger partial charge in [0.1, 0.15) is 5.78 Å². The number of Topliss-reactive ketones (excluding diaryl/α,β-unsaturated/α-hetero) is 2. The smallest absolute Gasteiger partial charge is 0.202 e. The topological polar surface area (TPSA) is 54.4 Å². The Morgan fingerprint density at radius 1 is 0.917 bits per heavy atom. The number of aliphatic hydroxyl groups excluding tert-OH is 1. The van der Waals surface area contributed by atoms with Gasteiger partial charge in [-0.05, 0) is 67.3 Å². The van der Waals surface area contributed by atoms with Gasteiger partial charge in [-0.1, -0.05) is 27.7 Å². The molecule has 3 nitrogen and oxygen atoms in total. The van der Waals surface area contributed by atoms with Gasteiger partial charge in [0.2, 0.25) is 5.78 Å². The number of fused-ring (bicyclic) bond motifs is 5. The van der Waals surface area contributed by atoms with Gasteiger partial charge in [-0.3, -0.25) is 9.59 Å². The number of ketones is 2. The van der Waals surface area contributed by atoms with E-state index in [2.05, 4.69) is 13.8 Å². The molecule has 3 fully saturated rings. The first kappa shape index (κ1) is 16.4. The van der Waals surface area contributed by atoms with E-state index in [1.807, 2.05) is 13.8 Å². The van der Waals surface area contributed by atoms with Crippen molar-refractivity contribution < 1.29 is 14.7 Å². The fourth-order valence-electron chi connectivity index (χ4n) is 7.16. The molecule has 4 rings (SSSR count). The van der Waals surface area contributed by atoms with Crippen molar-refractivity contribution in [2.24, 2.45) is 34.0 Å². The summed E-state index contributed by atoms with van der Waals surface area (Å²) in [4.78, 5) is 25.0. The van der Waals surface area contributed by atoms with Crippen LogP contribution in [-0.4, -0.2) is 16.7 Å². The van der Waals surface area contributed by atoms with Gasteiger partial charge in [-0.25, -0.2) is 0 Å². The lowest BCUT2D eigenvalue weighted by Gasteiger charge is -2.58. The average Bonchev–Trinajstić information content (AvgIpc) is 2.80. The first-order valence-corrected chi connectivity index (χ1v) is 9.62. The molecule has 0 saturated heterocycles. The first-order valence-electron chi connectivity index (χ1n) is 9.62. The van der Waals surface area contributed by atoms with Crippen LogP contribution in [0.15, 0.2) is 11.3 Å². The van der Waals surface area contributed by atoms with Gasteiger partial charge in [0.25, 0.3) is 0 Å². The SMILES string of the molecule is CC1(C)C[C@@]2(C)C(=C(O)C1=O)CC[C@@H]1[C@@H]2CC[C@]2(C)C(=O)CC[C@@H]12. The summed E-state index contributed by atoms with van der Waals surface area (Å²) in [5.74, 6) is 2.03. The van der Waals surface area contributed by atoms with Crippen LogP contribution in [0, 0.1) is 34.0 Å². The van der Waals surface area contributed by atoms with Crippen molar-refractivity contribution in [1.82, 2.24) is 0 Å². The maximum absolute atomic E-state index is 12.5. The minimum atomic E-state index is -0.490. The third-order valence-corrected chi connectivity index (χ3v) is 8.31. The van der Waals surface area contributed by atoms with E-state index in [0.29, 0.717) is 23.5 Å². The Balaban J connectivity index is 1.77. The molecule has 5 atom stereocenters. The van der Waals surface area contributed by atoms with E-state index in [1.54, 1.807) is 0 Å². The molecule has 0 bridgehead atoms. The highest BCUT2D eigenvalue weighted by Gasteiger charge is 2.61. The van der Waals surface area contributed by atoms with Crippen LogP contribution in [0.3, 0.4) is 0 Å². The zero-order valence-electron chi connectivity index (χ0n) is 15.4. The highest BCUT2D eigenvalue weighted by Crippen LogP contribution is 2.66. The molecule has 0 amide bonds. The summed E-state index contributed by atoms with van der Waals surface area (Å²) < 4.78 is 0. The van der Waals surface area contributed by atoms with E-state index in [9.17, 15) is 14.7 Å². The molecule has 0 radical (unpaired) electrons. The van der Waals surface area contributed by atoms with E-state index >= 15 is 0 Å². The monoisotopic (exact) mass is 330 g/mol. The second-order valence-corrected chi connectivity index (χ2v) is 9.97. The van der Waals surface area contributed by atoms with Crippen LogP contribution >= 0.6 is 0 Å². The van der Waals surface area contributed by atoms with Gasteiger partial charge in [-0.15, -0.1) is 0 Å². The molecule has 24 heavy (non-hydrogen) atoms. The molecule has 0 unspecified atom stereocenters. The average molecular weight is 330 g/mol. The van der Waals surface area contributed by atoms with Gasteiger partial charge in [0, 0.05) is 17.3 Å². The Bertz CT molecular complexity index is 658. The molecular weight excluding hydrogens is 300 g/mol. The van der Waals surface area contributed by atoms with E-state index in [1.165, 1.54) is 0 Å². The molecule has 0 spiro atoms. The number of carbonyl (C=O) groups excluding carboxylic acids is 2. The number of aliphatic hydroxyl groups is 1. The summed E-state index contributed by atoms with van der Waals surface area (Å²) in [6, 6.07) is 0. The molecule has 0 heterocycles. The second kappa shape index (κ2) is 4.74. The minimum absolute atomic E-state index is 0.0584. The number of hydrogen-bond acceptors (Lipinski definition) is 3. The summed E-state index contributed by atoms with van der Waals surface area (Å²) in [7, 11) is 0. The molecule has 3 heteroatoms. The predicted molar refractivity (Wildman–Crippen MR) is 92.5 cm³/mol. The van der Waals surface area contributed by atoms with Crippen LogP contribution in [0.5, 0.6) is 0 Å². The zero-order chi connectivity index (χ0) is 17.5. The van der Waals surface area contributed by atoms with Crippen LogP contribution < -0.4 is 0 Å². The highest BCUT2D eigenvalue weighted by atomic mass is 16.3. The third-order valence-electron chi connectivity index (χ3n) is 8.31. The van der Waals surface area contributed by atoms with Crippen molar-refractivity contribution in [2.75, 3.05) is 0 Å². The lowest BCUT2D eigenvalue weighted by molar-refractivity contribution is -0.136. The van der Waals surface area contributed by atoms with Crippen molar-refractivity contribution in [3.8, 4) is 0 Å². The van der Waals surface area contributed by atoms with Crippen molar-refractivity contribution in [3.05, 3.63) is 11.3 Å². The zero-order valence-corrected chi connectivity index (χ0v) is 15.4. The summed E-state index contributed by atoms with van der Waals surface area (Å²) in [6.07, 6.45) is 6.51. The number of hydrogen-bond donors (Lipinski definition) is 1. The van der Waals surface area contributed by atoms with E-state index < -0.39 is 5.41 Å². The highest BCUT2D eigenvalue weighted by molar-refractivity contribution is 5.99. The van der Waals surface area contributed by atoms with E-state index in [4.69, 9.17) is 0 Å². The fourth-order valence-corrected chi connectivity index (χ4v) is 7.16. The standard InChI is InChI=1S/C21H30O3/c1-19(2)11-21(4)14-9-10-20(3)13(7-8-16(20)22)12(14)5-6-15(21)17(23)18(19)24/h12-14,23H,5-11H2,1-4H3/t12-,13-,14-,20-,21+/m0/s1. The summed E-state index contributed by atoms with van der Waals surface area (Å²) in [5, 5.41) is 10.6. The lowest BCUT2D eigenvalue weighted by atomic mass is 9.45. The number of carbonyl (C=O) groups is 2. The van der Waals surface area contributed by atoms with Crippen molar-refractivity contribution >= 4 is 11.6 Å². The van der Waals surface area contributed by atoms with Crippen LogP contribution in [0.4, 0.5) is 0 Å². The summed E-state index contributed by atoms with van der Waals surface area (Å²) in [5.41, 5.74) is 0.329. The molecule has 3 saturated carbocycles. The van der Waals surface area contributed by atoms with Crippen LogP contribution in [-0.2, 0) is 9.59 Å². The second-order valence-electron chi connectivity index (χ2n) is 9.97. The molecule has 0 aliphatic heterocycles. The molecule has 1 N–H and O–H groups in total. The van der Waals surface area contributed by atoms with Crippen LogP contribution in [0.2, 0.25) is 0 Å². The molecule has 4 aliphatic carbocycles. The Kier molecular flexibility index (Phi) is 3.23. The normalized spacial score (nSPS) is 47.2. The Hall–Kier alpha value is -1.12. The summed E-state index contributed by atoms with van der Waals surface area (Å²) in [6.45, 7) is 8.43. The number of allylic oxidation sites excluding steroid dienone is 1. The number of rotatable bonds is 0. The minimum Gasteiger partial charge on any atom is -0.504 e. The van der Waals surface area contributed by atoms with Gasteiger partial charge < -0.3 is 5.11 Å². The predicted octanol–water partition coefficient (Wildman–Crippen LogP) is 4.61. The van der Waals surface area contributed by atoms with Crippen LogP contribution in [0.25, 0.3) is 0 Å². The third kappa shape index (κ3) is 1.84. The quantitative estimate of drug-likeness (QED) is 0.705. The molecule has 0 aromatic carbocycles. The summed E-state index contributed by atoms with van der Waals surface area (Å²) >= 11 is 0. The maximum atomic E-state index is 12.5.